The van der Waals surface area contributed by atoms with E-state index in [4.69, 9.17) is 0 Å². The molecule has 104 valence electrons. The van der Waals surface area contributed by atoms with Crippen LogP contribution in [-0.2, 0) is 6.42 Å². The summed E-state index contributed by atoms with van der Waals surface area (Å²) in [5.41, 5.74) is 1.19. The van der Waals surface area contributed by atoms with Crippen LogP contribution in [0.5, 0.6) is 5.75 Å². The van der Waals surface area contributed by atoms with Crippen LogP contribution in [0.15, 0.2) is 53.0 Å². The molecular formula is C15H11BrF2O2. The van der Waals surface area contributed by atoms with Gasteiger partial charge >= 0.3 is 6.61 Å². The van der Waals surface area contributed by atoms with Crippen LogP contribution in [0.4, 0.5) is 8.78 Å². The first-order valence-corrected chi connectivity index (χ1v) is 6.67. The highest BCUT2D eigenvalue weighted by Gasteiger charge is 2.11. The lowest BCUT2D eigenvalue weighted by Crippen LogP contribution is -2.06. The van der Waals surface area contributed by atoms with E-state index >= 15 is 0 Å². The van der Waals surface area contributed by atoms with Gasteiger partial charge in [0.2, 0.25) is 0 Å². The van der Waals surface area contributed by atoms with Crippen molar-refractivity contribution < 1.29 is 18.3 Å². The summed E-state index contributed by atoms with van der Waals surface area (Å²) in [6.45, 7) is -2.90. The van der Waals surface area contributed by atoms with Gasteiger partial charge in [0.05, 0.1) is 0 Å². The summed E-state index contributed by atoms with van der Waals surface area (Å²) < 4.78 is 29.4. The standard InChI is InChI=1S/C15H11BrF2O2/c16-13-7-2-1-4-10(13)9-14(19)11-5-3-6-12(8-11)20-15(17)18/h1-8,15H,9H2. The second-order valence-electron chi connectivity index (χ2n) is 4.10. The van der Waals surface area contributed by atoms with Crippen molar-refractivity contribution in [2.75, 3.05) is 0 Å². The fourth-order valence-corrected chi connectivity index (χ4v) is 2.19. The highest BCUT2D eigenvalue weighted by Crippen LogP contribution is 2.20. The third kappa shape index (κ3) is 3.87. The van der Waals surface area contributed by atoms with Crippen LogP contribution in [0.2, 0.25) is 0 Å². The van der Waals surface area contributed by atoms with Crippen LogP contribution in [0.1, 0.15) is 15.9 Å². The highest BCUT2D eigenvalue weighted by atomic mass is 79.9. The molecule has 0 N–H and O–H groups in total. The average molecular weight is 341 g/mol. The van der Waals surface area contributed by atoms with Gasteiger partial charge in [-0.3, -0.25) is 4.79 Å². The quantitative estimate of drug-likeness (QED) is 0.750. The Bertz CT molecular complexity index is 614. The molecule has 2 rings (SSSR count). The van der Waals surface area contributed by atoms with Crippen molar-refractivity contribution in [3.63, 3.8) is 0 Å². The lowest BCUT2D eigenvalue weighted by atomic mass is 10.0. The Balaban J connectivity index is 2.15. The number of rotatable bonds is 5. The molecule has 0 aliphatic carbocycles. The Morgan fingerprint density at radius 3 is 2.60 bits per heavy atom. The van der Waals surface area contributed by atoms with Gasteiger partial charge < -0.3 is 4.74 Å². The minimum atomic E-state index is -2.90. The summed E-state index contributed by atoms with van der Waals surface area (Å²) in [5.74, 6) is -0.172. The molecule has 0 fully saturated rings. The zero-order valence-electron chi connectivity index (χ0n) is 10.4. The first-order valence-electron chi connectivity index (χ1n) is 5.88. The number of benzene rings is 2. The SMILES string of the molecule is O=C(Cc1ccccc1Br)c1cccc(OC(F)F)c1. The molecule has 0 spiro atoms. The molecule has 0 saturated carbocycles. The number of carbonyl (C=O) groups is 1. The molecule has 0 unspecified atom stereocenters. The van der Waals surface area contributed by atoms with E-state index in [0.717, 1.165) is 10.0 Å². The second-order valence-corrected chi connectivity index (χ2v) is 4.95. The lowest BCUT2D eigenvalue weighted by Gasteiger charge is -2.07. The van der Waals surface area contributed by atoms with Gasteiger partial charge in [0.1, 0.15) is 5.75 Å². The molecule has 0 amide bonds. The summed E-state index contributed by atoms with van der Waals surface area (Å²) in [7, 11) is 0. The van der Waals surface area contributed by atoms with E-state index in [2.05, 4.69) is 20.7 Å². The maximum absolute atomic E-state index is 12.1. The zero-order valence-corrected chi connectivity index (χ0v) is 11.9. The van der Waals surface area contributed by atoms with Crippen LogP contribution < -0.4 is 4.74 Å². The number of hydrogen-bond donors (Lipinski definition) is 0. The van der Waals surface area contributed by atoms with Crippen molar-refractivity contribution in [3.8, 4) is 5.75 Å². The molecule has 0 heterocycles. The molecule has 0 radical (unpaired) electrons. The van der Waals surface area contributed by atoms with E-state index in [9.17, 15) is 13.6 Å². The number of hydrogen-bond acceptors (Lipinski definition) is 2. The van der Waals surface area contributed by atoms with Gasteiger partial charge in [-0.15, -0.1) is 0 Å². The van der Waals surface area contributed by atoms with Gasteiger partial charge in [0.15, 0.2) is 5.78 Å². The third-order valence-electron chi connectivity index (χ3n) is 2.69. The van der Waals surface area contributed by atoms with E-state index in [-0.39, 0.29) is 18.0 Å². The molecule has 0 aromatic heterocycles. The van der Waals surface area contributed by atoms with Crippen LogP contribution in [0, 0.1) is 0 Å². The lowest BCUT2D eigenvalue weighted by molar-refractivity contribution is -0.0498. The Kier molecular flexibility index (Phi) is 4.84. The second kappa shape index (κ2) is 6.61. The Morgan fingerprint density at radius 1 is 1.15 bits per heavy atom. The topological polar surface area (TPSA) is 26.3 Å². The number of ketones is 1. The summed E-state index contributed by atoms with van der Waals surface area (Å²) in [6, 6.07) is 13.2. The van der Waals surface area contributed by atoms with Gasteiger partial charge in [0.25, 0.3) is 0 Å². The Morgan fingerprint density at radius 2 is 1.90 bits per heavy atom. The molecular weight excluding hydrogens is 330 g/mol. The first-order chi connectivity index (χ1) is 9.56. The van der Waals surface area contributed by atoms with Gasteiger partial charge in [0, 0.05) is 16.5 Å². The molecule has 20 heavy (non-hydrogen) atoms. The number of halogens is 3. The average Bonchev–Trinajstić information content (AvgIpc) is 2.41. The predicted octanol–water partition coefficient (Wildman–Crippen LogP) is 4.48. The number of Topliss-reactive ketones (excluding diaryl/α,β-unsaturated/α-hetero) is 1. The van der Waals surface area contributed by atoms with Crippen molar-refractivity contribution in [1.82, 2.24) is 0 Å². The van der Waals surface area contributed by atoms with Crippen molar-refractivity contribution in [3.05, 3.63) is 64.1 Å². The molecule has 0 aliphatic heterocycles. The molecule has 2 nitrogen and oxygen atoms in total. The van der Waals surface area contributed by atoms with Crippen molar-refractivity contribution in [2.24, 2.45) is 0 Å². The Labute approximate surface area is 123 Å². The molecule has 0 aliphatic rings. The van der Waals surface area contributed by atoms with Crippen LogP contribution >= 0.6 is 15.9 Å². The molecule has 0 bridgehead atoms. The van der Waals surface area contributed by atoms with Crippen molar-refractivity contribution in [1.29, 1.82) is 0 Å². The minimum absolute atomic E-state index is 0.0158. The third-order valence-corrected chi connectivity index (χ3v) is 3.46. The molecule has 0 saturated heterocycles. The zero-order chi connectivity index (χ0) is 14.5. The maximum atomic E-state index is 12.1. The normalized spacial score (nSPS) is 10.6. The van der Waals surface area contributed by atoms with Crippen LogP contribution in [0.3, 0.4) is 0 Å². The summed E-state index contributed by atoms with van der Waals surface area (Å²) in [4.78, 5) is 12.1. The fraction of sp³-hybridized carbons (Fsp3) is 0.133. The summed E-state index contributed by atoms with van der Waals surface area (Å²) >= 11 is 3.37. The highest BCUT2D eigenvalue weighted by molar-refractivity contribution is 9.10. The van der Waals surface area contributed by atoms with Gasteiger partial charge in [-0.2, -0.15) is 8.78 Å². The molecule has 0 atom stereocenters. The van der Waals surface area contributed by atoms with E-state index in [1.807, 2.05) is 24.3 Å². The number of carbonyl (C=O) groups excluding carboxylic acids is 1. The monoisotopic (exact) mass is 340 g/mol. The summed E-state index contributed by atoms with van der Waals surface area (Å²) in [5, 5.41) is 0. The number of alkyl halides is 2. The number of ether oxygens (including phenoxy) is 1. The largest absolute Gasteiger partial charge is 0.435 e. The minimum Gasteiger partial charge on any atom is -0.435 e. The molecule has 2 aromatic rings. The molecule has 5 heteroatoms. The van der Waals surface area contributed by atoms with Gasteiger partial charge in [-0.1, -0.05) is 46.3 Å². The van der Waals surface area contributed by atoms with Gasteiger partial charge in [-0.25, -0.2) is 0 Å². The van der Waals surface area contributed by atoms with Gasteiger partial charge in [-0.05, 0) is 23.8 Å². The van der Waals surface area contributed by atoms with Crippen LogP contribution in [0.25, 0.3) is 0 Å². The van der Waals surface area contributed by atoms with E-state index < -0.39 is 6.61 Å². The predicted molar refractivity (Wildman–Crippen MR) is 75.3 cm³/mol. The summed E-state index contributed by atoms with van der Waals surface area (Å²) in [6.07, 6.45) is 0.194. The van der Waals surface area contributed by atoms with Crippen molar-refractivity contribution in [2.45, 2.75) is 13.0 Å². The van der Waals surface area contributed by atoms with E-state index in [1.165, 1.54) is 18.2 Å². The van der Waals surface area contributed by atoms with E-state index in [1.54, 1.807) is 6.07 Å². The fourth-order valence-electron chi connectivity index (χ4n) is 1.76. The maximum Gasteiger partial charge on any atom is 0.387 e. The van der Waals surface area contributed by atoms with Crippen molar-refractivity contribution >= 4 is 21.7 Å². The molecule has 2 aromatic carbocycles. The first kappa shape index (κ1) is 14.7. The Hall–Kier alpha value is -1.75. The smallest absolute Gasteiger partial charge is 0.387 e. The van der Waals surface area contributed by atoms with E-state index in [0.29, 0.717) is 5.56 Å². The van der Waals surface area contributed by atoms with Crippen LogP contribution in [-0.4, -0.2) is 12.4 Å².